The minimum absolute atomic E-state index is 0.0488. The van der Waals surface area contributed by atoms with Crippen LogP contribution in [-0.4, -0.2) is 57.7 Å². The Labute approximate surface area is 174 Å². The van der Waals surface area contributed by atoms with Gasteiger partial charge in [-0.3, -0.25) is 19.3 Å². The van der Waals surface area contributed by atoms with Crippen molar-refractivity contribution in [2.24, 2.45) is 0 Å². The van der Waals surface area contributed by atoms with Crippen LogP contribution in [0.2, 0.25) is 0 Å². The van der Waals surface area contributed by atoms with E-state index >= 15 is 0 Å². The fraction of sp³-hybridized carbons (Fsp3) is 0.455. The van der Waals surface area contributed by atoms with Crippen molar-refractivity contribution in [1.29, 1.82) is 0 Å². The molecule has 2 aliphatic rings. The minimum Gasteiger partial charge on any atom is -0.348 e. The number of rotatable bonds is 3. The van der Waals surface area contributed by atoms with Gasteiger partial charge < -0.3 is 9.80 Å². The van der Waals surface area contributed by atoms with Crippen molar-refractivity contribution >= 4 is 22.8 Å². The van der Waals surface area contributed by atoms with Crippen molar-refractivity contribution in [3.8, 4) is 0 Å². The molecule has 1 saturated heterocycles. The Kier molecular flexibility index (Phi) is 4.38. The average Bonchev–Trinajstić information content (AvgIpc) is 3.29. The highest BCUT2D eigenvalue weighted by Gasteiger charge is 2.45. The van der Waals surface area contributed by atoms with Gasteiger partial charge in [0.25, 0.3) is 5.56 Å². The number of aromatic amines is 1. The lowest BCUT2D eigenvalue weighted by Crippen LogP contribution is -2.49. The van der Waals surface area contributed by atoms with Gasteiger partial charge in [-0.05, 0) is 31.7 Å². The number of piperidine rings is 1. The van der Waals surface area contributed by atoms with Crippen LogP contribution in [0.1, 0.15) is 30.5 Å². The number of hydrogen-bond donors (Lipinski definition) is 1. The van der Waals surface area contributed by atoms with Gasteiger partial charge in [0.2, 0.25) is 11.9 Å². The van der Waals surface area contributed by atoms with Crippen LogP contribution in [0.4, 0.5) is 5.95 Å². The molecule has 1 aliphatic heterocycles. The number of hydrogen-bond acceptors (Lipinski definition) is 5. The normalized spacial score (nSPS) is 20.7. The number of aromatic nitrogens is 4. The van der Waals surface area contributed by atoms with E-state index in [1.807, 2.05) is 54.4 Å². The summed E-state index contributed by atoms with van der Waals surface area (Å²) in [5, 5.41) is 5.55. The van der Waals surface area contributed by atoms with Crippen LogP contribution in [0.25, 0.3) is 10.9 Å². The topological polar surface area (TPSA) is 87.1 Å². The summed E-state index contributed by atoms with van der Waals surface area (Å²) in [5.41, 5.74) is 2.29. The van der Waals surface area contributed by atoms with E-state index in [2.05, 4.69) is 10.1 Å². The van der Waals surface area contributed by atoms with Gasteiger partial charge in [0.05, 0.1) is 11.2 Å². The van der Waals surface area contributed by atoms with Gasteiger partial charge in [-0.15, -0.1) is 0 Å². The van der Waals surface area contributed by atoms with E-state index in [0.29, 0.717) is 12.5 Å². The van der Waals surface area contributed by atoms with E-state index in [9.17, 15) is 9.59 Å². The minimum atomic E-state index is -0.225. The molecule has 3 heterocycles. The summed E-state index contributed by atoms with van der Waals surface area (Å²) in [4.78, 5) is 37.1. The van der Waals surface area contributed by atoms with E-state index < -0.39 is 0 Å². The highest BCUT2D eigenvalue weighted by Crippen LogP contribution is 2.43. The zero-order valence-corrected chi connectivity index (χ0v) is 17.4. The van der Waals surface area contributed by atoms with Gasteiger partial charge in [-0.1, -0.05) is 18.2 Å². The molecule has 156 valence electrons. The van der Waals surface area contributed by atoms with E-state index in [0.717, 1.165) is 54.4 Å². The Morgan fingerprint density at radius 2 is 2.10 bits per heavy atom. The molecule has 0 bridgehead atoms. The number of fused-ring (bicyclic) bond motifs is 3. The average molecular weight is 406 g/mol. The molecule has 2 aromatic heterocycles. The highest BCUT2D eigenvalue weighted by atomic mass is 16.2. The third-order valence-electron chi connectivity index (χ3n) is 6.47. The van der Waals surface area contributed by atoms with Crippen LogP contribution in [0, 0.1) is 0 Å². The number of nitrogens with zero attached hydrogens (tertiary/aromatic N) is 5. The SMILES string of the molecule is CN(C)c1nc2c(c(=O)[nH]1)CCC21CCCN(C(=O)Cn2cc3ccccc3n2)C1. The third-order valence-corrected chi connectivity index (χ3v) is 6.47. The highest BCUT2D eigenvalue weighted by molar-refractivity contribution is 5.80. The van der Waals surface area contributed by atoms with Crippen LogP contribution in [0.5, 0.6) is 0 Å². The van der Waals surface area contributed by atoms with Crippen LogP contribution < -0.4 is 10.5 Å². The molecule has 1 aromatic carbocycles. The predicted molar refractivity (Wildman–Crippen MR) is 115 cm³/mol. The second kappa shape index (κ2) is 6.97. The maximum atomic E-state index is 13.1. The maximum absolute atomic E-state index is 13.1. The van der Waals surface area contributed by atoms with Gasteiger partial charge in [0.15, 0.2) is 0 Å². The zero-order chi connectivity index (χ0) is 20.9. The second-order valence-corrected chi connectivity index (χ2v) is 8.70. The number of likely N-dealkylation sites (tertiary alicyclic amines) is 1. The van der Waals surface area contributed by atoms with Crippen molar-refractivity contribution in [2.45, 2.75) is 37.6 Å². The molecule has 0 radical (unpaired) electrons. The van der Waals surface area contributed by atoms with Gasteiger partial charge >= 0.3 is 0 Å². The first-order chi connectivity index (χ1) is 14.4. The molecule has 1 atom stereocenters. The van der Waals surface area contributed by atoms with E-state index in [1.54, 1.807) is 4.68 Å². The van der Waals surface area contributed by atoms with E-state index in [1.165, 1.54) is 0 Å². The maximum Gasteiger partial charge on any atom is 0.255 e. The summed E-state index contributed by atoms with van der Waals surface area (Å²) >= 11 is 0. The van der Waals surface area contributed by atoms with E-state index in [4.69, 9.17) is 4.98 Å². The molecule has 1 spiro atoms. The Morgan fingerprint density at radius 1 is 1.27 bits per heavy atom. The monoisotopic (exact) mass is 406 g/mol. The van der Waals surface area contributed by atoms with Crippen LogP contribution in [0.3, 0.4) is 0 Å². The quantitative estimate of drug-likeness (QED) is 0.715. The molecule has 8 nitrogen and oxygen atoms in total. The predicted octanol–water partition coefficient (Wildman–Crippen LogP) is 1.69. The fourth-order valence-electron chi connectivity index (χ4n) is 4.93. The summed E-state index contributed by atoms with van der Waals surface area (Å²) in [5.74, 6) is 0.639. The first-order valence-corrected chi connectivity index (χ1v) is 10.5. The Balaban J connectivity index is 1.40. The number of carbonyl (C=O) groups is 1. The van der Waals surface area contributed by atoms with Gasteiger partial charge in [-0.25, -0.2) is 4.98 Å². The summed E-state index contributed by atoms with van der Waals surface area (Å²) in [6, 6.07) is 7.87. The number of carbonyl (C=O) groups excluding carboxylic acids is 1. The number of amides is 1. The van der Waals surface area contributed by atoms with Crippen molar-refractivity contribution in [1.82, 2.24) is 24.6 Å². The van der Waals surface area contributed by atoms with Crippen LogP contribution in [0.15, 0.2) is 35.3 Å². The number of anilines is 1. The van der Waals surface area contributed by atoms with Crippen molar-refractivity contribution in [2.75, 3.05) is 32.1 Å². The second-order valence-electron chi connectivity index (χ2n) is 8.70. The smallest absolute Gasteiger partial charge is 0.255 e. The summed E-state index contributed by atoms with van der Waals surface area (Å²) in [6.45, 7) is 1.58. The van der Waals surface area contributed by atoms with Gasteiger partial charge in [0.1, 0.15) is 6.54 Å². The van der Waals surface area contributed by atoms with Gasteiger partial charge in [0, 0.05) is 49.7 Å². The molecule has 1 fully saturated rings. The molecule has 5 rings (SSSR count). The van der Waals surface area contributed by atoms with E-state index in [-0.39, 0.29) is 23.4 Å². The number of nitrogens with one attached hydrogen (secondary N) is 1. The van der Waals surface area contributed by atoms with Crippen molar-refractivity contribution < 1.29 is 4.79 Å². The fourth-order valence-corrected chi connectivity index (χ4v) is 4.93. The zero-order valence-electron chi connectivity index (χ0n) is 17.4. The molecular weight excluding hydrogens is 380 g/mol. The summed E-state index contributed by atoms with van der Waals surface area (Å²) in [7, 11) is 3.74. The standard InChI is InChI=1S/C22H26N6O2/c1-26(2)21-23-19-16(20(30)24-21)8-10-22(19)9-5-11-27(14-22)18(29)13-28-12-15-6-3-4-7-17(15)25-28/h3-4,6-7,12H,5,8-11,13-14H2,1-2H3,(H,23,24,30). The summed E-state index contributed by atoms with van der Waals surface area (Å²) in [6.07, 6.45) is 5.38. The molecule has 8 heteroatoms. The Bertz CT molecular complexity index is 1150. The molecule has 1 aliphatic carbocycles. The first kappa shape index (κ1) is 18.8. The largest absolute Gasteiger partial charge is 0.348 e. The lowest BCUT2D eigenvalue weighted by atomic mass is 9.77. The number of H-pyrrole nitrogens is 1. The molecule has 1 N–H and O–H groups in total. The molecule has 0 saturated carbocycles. The molecule has 3 aromatic rings. The molecule has 30 heavy (non-hydrogen) atoms. The Morgan fingerprint density at radius 3 is 2.90 bits per heavy atom. The number of benzene rings is 1. The lowest BCUT2D eigenvalue weighted by Gasteiger charge is -2.40. The van der Waals surface area contributed by atoms with Gasteiger partial charge in [-0.2, -0.15) is 5.10 Å². The lowest BCUT2D eigenvalue weighted by molar-refractivity contribution is -0.134. The van der Waals surface area contributed by atoms with Crippen LogP contribution >= 0.6 is 0 Å². The molecular formula is C22H26N6O2. The first-order valence-electron chi connectivity index (χ1n) is 10.5. The molecule has 1 unspecified atom stereocenters. The van der Waals surface area contributed by atoms with Crippen molar-refractivity contribution in [3.63, 3.8) is 0 Å². The van der Waals surface area contributed by atoms with Crippen molar-refractivity contribution in [3.05, 3.63) is 52.1 Å². The third kappa shape index (κ3) is 3.07. The van der Waals surface area contributed by atoms with Crippen LogP contribution in [-0.2, 0) is 23.2 Å². The summed E-state index contributed by atoms with van der Waals surface area (Å²) < 4.78 is 1.73. The molecule has 1 amide bonds. The Hall–Kier alpha value is -3.16.